The summed E-state index contributed by atoms with van der Waals surface area (Å²) in [6.07, 6.45) is -7.80. The van der Waals surface area contributed by atoms with Crippen LogP contribution in [0.3, 0.4) is 0 Å². The van der Waals surface area contributed by atoms with Crippen molar-refractivity contribution in [3.63, 3.8) is 0 Å². The summed E-state index contributed by atoms with van der Waals surface area (Å²) in [7, 11) is -5.07. The number of ether oxygens (including phenoxy) is 1. The summed E-state index contributed by atoms with van der Waals surface area (Å²) >= 11 is 0. The van der Waals surface area contributed by atoms with Gasteiger partial charge in [0.15, 0.2) is 11.5 Å². The smallest absolute Gasteiger partial charge is 0.872 e. The molecule has 3 aromatic rings. The van der Waals surface area contributed by atoms with Crippen molar-refractivity contribution in [2.75, 3.05) is 0 Å². The van der Waals surface area contributed by atoms with Gasteiger partial charge >= 0.3 is 40.0 Å². The SMILES string of the molecule is C[C@@H]1O[C@@H](c2c(-c3ccc(O)c(OS(=O)(=O)O)c3)oc3cc([O-])cc(O)c3c2=O)[C@H](O)[C@H](O)[C@H]1O.[Na+]. The fourth-order valence-electron chi connectivity index (χ4n) is 3.89. The molecule has 0 bridgehead atoms. The Balaban J connectivity index is 0.00000361. The molecule has 0 saturated carbocycles. The number of hydrogen-bond donors (Lipinski definition) is 6. The van der Waals surface area contributed by atoms with E-state index in [0.717, 1.165) is 30.3 Å². The maximum atomic E-state index is 13.5. The molecule has 36 heavy (non-hydrogen) atoms. The third-order valence-corrected chi connectivity index (χ3v) is 5.93. The summed E-state index contributed by atoms with van der Waals surface area (Å²) in [6.45, 7) is 1.37. The van der Waals surface area contributed by atoms with Crippen LogP contribution in [0.5, 0.6) is 23.0 Å². The van der Waals surface area contributed by atoms with Crippen LogP contribution >= 0.6 is 0 Å². The number of aliphatic hydroxyl groups is 3. The van der Waals surface area contributed by atoms with E-state index in [9.17, 15) is 43.9 Å². The van der Waals surface area contributed by atoms with Crippen LogP contribution in [0.15, 0.2) is 39.5 Å². The maximum Gasteiger partial charge on any atom is 1.00 e. The van der Waals surface area contributed by atoms with Crippen molar-refractivity contribution < 1.29 is 86.5 Å². The first-order valence-corrected chi connectivity index (χ1v) is 11.4. The van der Waals surface area contributed by atoms with Gasteiger partial charge < -0.3 is 44.0 Å². The van der Waals surface area contributed by atoms with Crippen LogP contribution in [-0.2, 0) is 15.1 Å². The van der Waals surface area contributed by atoms with E-state index < -0.39 is 86.1 Å². The molecule has 0 spiro atoms. The number of benzene rings is 2. The van der Waals surface area contributed by atoms with Gasteiger partial charge in [-0.25, -0.2) is 0 Å². The molecule has 2 aromatic carbocycles. The summed E-state index contributed by atoms with van der Waals surface area (Å²) in [6, 6.07) is 4.65. The van der Waals surface area contributed by atoms with E-state index in [2.05, 4.69) is 4.18 Å². The van der Waals surface area contributed by atoms with Crippen LogP contribution in [0.4, 0.5) is 0 Å². The quantitative estimate of drug-likeness (QED) is 0.142. The van der Waals surface area contributed by atoms with Crippen LogP contribution in [-0.4, -0.2) is 62.9 Å². The minimum atomic E-state index is -5.07. The van der Waals surface area contributed by atoms with E-state index in [0.29, 0.717) is 0 Å². The number of fused-ring (bicyclic) bond motifs is 1. The van der Waals surface area contributed by atoms with Gasteiger partial charge in [-0.1, -0.05) is 0 Å². The molecule has 0 radical (unpaired) electrons. The Labute approximate surface area is 225 Å². The fraction of sp³-hybridized carbons (Fsp3) is 0.286. The zero-order valence-electron chi connectivity index (χ0n) is 18.7. The number of rotatable bonds is 4. The Kier molecular flexibility index (Phi) is 7.95. The number of aliphatic hydroxyl groups excluding tert-OH is 3. The molecule has 1 fully saturated rings. The molecule has 1 aromatic heterocycles. The van der Waals surface area contributed by atoms with E-state index in [-0.39, 0.29) is 40.7 Å². The van der Waals surface area contributed by atoms with E-state index in [1.807, 2.05) is 0 Å². The summed E-state index contributed by atoms with van der Waals surface area (Å²) in [5, 5.41) is 62.5. The van der Waals surface area contributed by atoms with Crippen molar-refractivity contribution in [1.82, 2.24) is 0 Å². The number of phenols is 2. The van der Waals surface area contributed by atoms with E-state index in [1.54, 1.807) is 0 Å². The van der Waals surface area contributed by atoms with Gasteiger partial charge in [-0.2, -0.15) is 8.42 Å². The minimum Gasteiger partial charge on any atom is -0.872 e. The van der Waals surface area contributed by atoms with Crippen molar-refractivity contribution in [1.29, 1.82) is 0 Å². The van der Waals surface area contributed by atoms with Crippen molar-refractivity contribution in [3.8, 4) is 34.3 Å². The zero-order chi connectivity index (χ0) is 25.8. The monoisotopic (exact) mass is 534 g/mol. The Morgan fingerprint density at radius 1 is 1.00 bits per heavy atom. The van der Waals surface area contributed by atoms with Crippen LogP contribution in [0.25, 0.3) is 22.3 Å². The molecule has 0 unspecified atom stereocenters. The Bertz CT molecular complexity index is 1470. The number of aromatic hydroxyl groups is 2. The second-order valence-corrected chi connectivity index (χ2v) is 8.94. The second-order valence-electron chi connectivity index (χ2n) is 7.92. The van der Waals surface area contributed by atoms with Crippen LogP contribution in [0, 0.1) is 0 Å². The van der Waals surface area contributed by atoms with E-state index in [1.165, 1.54) is 6.92 Å². The predicted molar refractivity (Wildman–Crippen MR) is 114 cm³/mol. The third-order valence-electron chi connectivity index (χ3n) is 5.54. The van der Waals surface area contributed by atoms with Crippen LogP contribution < -0.4 is 44.3 Å². The minimum absolute atomic E-state index is 0. The molecule has 5 atom stereocenters. The molecule has 13 nitrogen and oxygen atoms in total. The van der Waals surface area contributed by atoms with Gasteiger partial charge in [0, 0.05) is 5.56 Å². The van der Waals surface area contributed by atoms with Crippen molar-refractivity contribution in [2.45, 2.75) is 37.4 Å². The molecule has 6 N–H and O–H groups in total. The molecule has 4 rings (SSSR count). The Morgan fingerprint density at radius 2 is 1.67 bits per heavy atom. The van der Waals surface area contributed by atoms with Gasteiger partial charge in [-0.3, -0.25) is 9.35 Å². The van der Waals surface area contributed by atoms with Gasteiger partial charge in [0.1, 0.15) is 46.9 Å². The second kappa shape index (κ2) is 10.2. The molecule has 1 aliphatic rings. The van der Waals surface area contributed by atoms with Crippen molar-refractivity contribution in [2.24, 2.45) is 0 Å². The molecule has 15 heteroatoms. The molecule has 2 heterocycles. The molecule has 1 saturated heterocycles. The van der Waals surface area contributed by atoms with Gasteiger partial charge in [-0.15, -0.1) is 5.75 Å². The molecular weight excluding hydrogens is 515 g/mol. The molecular formula is C21H19NaO13S. The average Bonchev–Trinajstić information content (AvgIpc) is 2.75. The zero-order valence-corrected chi connectivity index (χ0v) is 21.5. The van der Waals surface area contributed by atoms with Crippen LogP contribution in [0.1, 0.15) is 18.6 Å². The van der Waals surface area contributed by atoms with E-state index in [4.69, 9.17) is 13.7 Å². The summed E-state index contributed by atoms with van der Waals surface area (Å²) < 4.78 is 46.9. The van der Waals surface area contributed by atoms with Gasteiger partial charge in [0.05, 0.1) is 11.7 Å². The van der Waals surface area contributed by atoms with Crippen molar-refractivity contribution in [3.05, 3.63) is 46.1 Å². The third kappa shape index (κ3) is 5.18. The largest absolute Gasteiger partial charge is 1.00 e. The fourth-order valence-corrected chi connectivity index (χ4v) is 4.25. The maximum absolute atomic E-state index is 13.5. The van der Waals surface area contributed by atoms with E-state index >= 15 is 0 Å². The summed E-state index contributed by atoms with van der Waals surface area (Å²) in [5.74, 6) is -3.31. The first-order chi connectivity index (χ1) is 16.3. The van der Waals surface area contributed by atoms with Gasteiger partial charge in [0.25, 0.3) is 0 Å². The predicted octanol–water partition coefficient (Wildman–Crippen LogP) is -3.33. The summed E-state index contributed by atoms with van der Waals surface area (Å²) in [4.78, 5) is 13.5. The number of phenolic OH excluding ortho intramolecular Hbond substituents is 2. The average molecular weight is 534 g/mol. The summed E-state index contributed by atoms with van der Waals surface area (Å²) in [5.41, 5.74) is -1.94. The van der Waals surface area contributed by atoms with Crippen LogP contribution in [0.2, 0.25) is 0 Å². The van der Waals surface area contributed by atoms with Gasteiger partial charge in [0.2, 0.25) is 5.43 Å². The standard InChI is InChI=1S/C21H20O13S.Na/c1-7-16(25)18(27)19(28)21(32-7)15-17(26)14-11(24)5-9(22)6-13(14)33-20(15)8-2-3-10(23)12(4-8)34-35(29,30)31;/h2-7,16,18-19,21-25,27-28H,1H3,(H,29,30,31);/q;+1/p-1/t7-,16-,18+,19+,21-;/m0./s1. The van der Waals surface area contributed by atoms with Gasteiger partial charge in [-0.05, 0) is 37.3 Å². The molecule has 0 aliphatic carbocycles. The Hall–Kier alpha value is -2.40. The van der Waals surface area contributed by atoms with Crippen molar-refractivity contribution >= 4 is 21.4 Å². The first-order valence-electron chi connectivity index (χ1n) is 9.99. The first kappa shape index (κ1) is 28.2. The molecule has 0 amide bonds. The molecule has 188 valence electrons. The normalized spacial score (nSPS) is 24.3. The molecule has 1 aliphatic heterocycles. The number of hydrogen-bond acceptors (Lipinski definition) is 12. The Morgan fingerprint density at radius 3 is 2.31 bits per heavy atom. The topological polar surface area (TPSA) is 227 Å².